The van der Waals surface area contributed by atoms with Crippen LogP contribution in [0.25, 0.3) is 0 Å². The van der Waals surface area contributed by atoms with Crippen LogP contribution in [0.5, 0.6) is 0 Å². The van der Waals surface area contributed by atoms with Gasteiger partial charge in [0.1, 0.15) is 0 Å². The zero-order valence-corrected chi connectivity index (χ0v) is 9.07. The minimum absolute atomic E-state index is 0.194. The Labute approximate surface area is 79.3 Å². The van der Waals surface area contributed by atoms with Crippen molar-refractivity contribution in [3.63, 3.8) is 0 Å². The number of rotatable bonds is 1. The molecule has 0 aliphatic carbocycles. The normalized spacial score (nSPS) is 7.64. The monoisotopic (exact) mass is 347 g/mol. The van der Waals surface area contributed by atoms with Crippen molar-refractivity contribution in [2.24, 2.45) is 0 Å². The van der Waals surface area contributed by atoms with Gasteiger partial charge < -0.3 is 5.11 Å². The predicted molar refractivity (Wildman–Crippen MR) is 39.8 cm³/mol. The first-order valence-corrected chi connectivity index (χ1v) is 4.19. The van der Waals surface area contributed by atoms with Crippen LogP contribution in [-0.2, 0) is 2.81 Å². The zero-order valence-electron chi connectivity index (χ0n) is 5.60. The summed E-state index contributed by atoms with van der Waals surface area (Å²) in [6.07, 6.45) is 0. The zero-order chi connectivity index (χ0) is 8.69. The Hall–Kier alpha value is -0.627. The molecule has 0 saturated carbocycles. The number of carboxylic acid groups (broad SMARTS) is 1. The van der Waals surface area contributed by atoms with E-state index in [1.54, 1.807) is 30.3 Å². The number of aromatic carboxylic acids is 1. The molecule has 0 atom stereocenters. The van der Waals surface area contributed by atoms with Crippen molar-refractivity contribution >= 4 is 30.7 Å². The van der Waals surface area contributed by atoms with Crippen LogP contribution in [0.3, 0.4) is 0 Å². The van der Waals surface area contributed by atoms with Crippen LogP contribution in [0.1, 0.15) is 10.4 Å². The van der Waals surface area contributed by atoms with Gasteiger partial charge in [0.25, 0.3) is 0 Å². The molecule has 3 nitrogen and oxygen atoms in total. The fourth-order valence-electron chi connectivity index (χ4n) is 0.581. The molecule has 0 aromatic heterocycles. The Morgan fingerprint density at radius 3 is 1.91 bits per heavy atom. The van der Waals surface area contributed by atoms with Crippen molar-refractivity contribution in [1.82, 2.24) is 0 Å². The minimum atomic E-state index is -0.879. The van der Waals surface area contributed by atoms with Crippen molar-refractivity contribution in [3.8, 4) is 0 Å². The van der Waals surface area contributed by atoms with Crippen LogP contribution in [0.15, 0.2) is 30.3 Å². The summed E-state index contributed by atoms with van der Waals surface area (Å²) >= 11 is 0.194. The van der Waals surface area contributed by atoms with Crippen molar-refractivity contribution in [3.05, 3.63) is 35.9 Å². The molecule has 4 heteroatoms. The van der Waals surface area contributed by atoms with Crippen LogP contribution in [0, 0.1) is 0 Å². The van der Waals surface area contributed by atoms with E-state index in [0.717, 1.165) is 0 Å². The van der Waals surface area contributed by atoms with E-state index in [1.807, 2.05) is 0 Å². The molecule has 57 valence electrons. The molecule has 1 radical (unpaired) electrons. The Morgan fingerprint density at radius 1 is 1.18 bits per heavy atom. The van der Waals surface area contributed by atoms with E-state index < -0.39 is 5.97 Å². The third-order valence-corrected chi connectivity index (χ3v) is 1.02. The second-order valence-electron chi connectivity index (χ2n) is 1.67. The summed E-state index contributed by atoms with van der Waals surface area (Å²) in [7, 11) is 0. The molecule has 1 rings (SSSR count). The van der Waals surface area contributed by atoms with Crippen molar-refractivity contribution in [2.45, 2.75) is 0 Å². The molecule has 0 bridgehead atoms. The second-order valence-corrected chi connectivity index (χ2v) is 1.67. The summed E-state index contributed by atoms with van der Waals surface area (Å²) in [6, 6.07) is 8.30. The molecule has 11 heavy (non-hydrogen) atoms. The average molecular weight is 347 g/mol. The van der Waals surface area contributed by atoms with Crippen molar-refractivity contribution in [1.29, 1.82) is 0 Å². The molecule has 0 unspecified atom stereocenters. The summed E-state index contributed by atoms with van der Waals surface area (Å²) in [5, 5.41) is 8.38. The molecular formula is C7H6BiO3. The van der Waals surface area contributed by atoms with Crippen LogP contribution in [0.4, 0.5) is 0 Å². The van der Waals surface area contributed by atoms with E-state index in [9.17, 15) is 4.79 Å². The molecule has 0 saturated heterocycles. The summed E-state index contributed by atoms with van der Waals surface area (Å²) in [5.41, 5.74) is 0.331. The number of hydrogen-bond acceptors (Lipinski definition) is 2. The summed E-state index contributed by atoms with van der Waals surface area (Å²) < 4.78 is 8.36. The van der Waals surface area contributed by atoms with Gasteiger partial charge in [-0.15, -0.1) is 0 Å². The SMILES string of the molecule is O=C(O)c1ccccc1.[O]=[Bi]. The predicted octanol–water partition coefficient (Wildman–Crippen LogP) is 0.885. The van der Waals surface area contributed by atoms with Gasteiger partial charge >= 0.3 is 33.5 Å². The maximum atomic E-state index is 10.2. The number of hydrogen-bond donors (Lipinski definition) is 1. The second kappa shape index (κ2) is 6.11. The molecule has 1 N–H and O–H groups in total. The fraction of sp³-hybridized carbons (Fsp3) is 0. The summed E-state index contributed by atoms with van der Waals surface area (Å²) in [5.74, 6) is -0.879. The van der Waals surface area contributed by atoms with Crippen molar-refractivity contribution < 1.29 is 12.7 Å². The van der Waals surface area contributed by atoms with E-state index in [1.165, 1.54) is 0 Å². The Bertz CT molecular complexity index is 222. The number of benzene rings is 1. The van der Waals surface area contributed by atoms with E-state index in [-0.39, 0.29) is 24.7 Å². The molecule has 0 aliphatic rings. The van der Waals surface area contributed by atoms with Gasteiger partial charge in [0.05, 0.1) is 5.56 Å². The quantitative estimate of drug-likeness (QED) is 0.768. The molecule has 0 amide bonds. The Kier molecular flexibility index (Phi) is 5.76. The molecule has 0 aliphatic heterocycles. The first-order chi connectivity index (χ1) is 5.30. The molecular weight excluding hydrogens is 341 g/mol. The first-order valence-electron chi connectivity index (χ1n) is 2.77. The van der Waals surface area contributed by atoms with Gasteiger partial charge in [0.2, 0.25) is 0 Å². The summed E-state index contributed by atoms with van der Waals surface area (Å²) in [6.45, 7) is 0. The average Bonchev–Trinajstić information content (AvgIpc) is 2.10. The summed E-state index contributed by atoms with van der Waals surface area (Å²) in [4.78, 5) is 10.2. The van der Waals surface area contributed by atoms with Gasteiger partial charge in [-0.3, -0.25) is 0 Å². The van der Waals surface area contributed by atoms with Crippen LogP contribution in [0.2, 0.25) is 0 Å². The van der Waals surface area contributed by atoms with E-state index >= 15 is 0 Å². The van der Waals surface area contributed by atoms with E-state index in [4.69, 9.17) is 7.92 Å². The van der Waals surface area contributed by atoms with Gasteiger partial charge in [-0.05, 0) is 12.1 Å². The van der Waals surface area contributed by atoms with Crippen LogP contribution in [-0.4, -0.2) is 35.8 Å². The number of carbonyl (C=O) groups is 1. The van der Waals surface area contributed by atoms with E-state index in [2.05, 4.69) is 0 Å². The number of carboxylic acids is 1. The van der Waals surface area contributed by atoms with E-state index in [0.29, 0.717) is 5.56 Å². The maximum absolute atomic E-state index is 10.2. The molecule has 0 heterocycles. The standard InChI is InChI=1S/C7H6O2.Bi.O/c8-7(9)6-4-2-1-3-5-6;;/h1-5H,(H,8,9);;. The molecule has 0 fully saturated rings. The molecule has 1 aromatic carbocycles. The molecule has 1 aromatic rings. The first kappa shape index (κ1) is 10.4. The van der Waals surface area contributed by atoms with Gasteiger partial charge in [-0.25, -0.2) is 4.79 Å². The third-order valence-electron chi connectivity index (χ3n) is 1.02. The van der Waals surface area contributed by atoms with Crippen molar-refractivity contribution in [2.75, 3.05) is 0 Å². The van der Waals surface area contributed by atoms with Gasteiger partial charge in [-0.2, -0.15) is 0 Å². The molecule has 0 spiro atoms. The van der Waals surface area contributed by atoms with Crippen LogP contribution >= 0.6 is 0 Å². The topological polar surface area (TPSA) is 54.4 Å². The fourth-order valence-corrected chi connectivity index (χ4v) is 0.581. The van der Waals surface area contributed by atoms with Crippen LogP contribution < -0.4 is 0 Å². The van der Waals surface area contributed by atoms with Gasteiger partial charge in [0.15, 0.2) is 0 Å². The van der Waals surface area contributed by atoms with Gasteiger partial charge in [0, 0.05) is 0 Å². The Balaban J connectivity index is 0.000000461. The van der Waals surface area contributed by atoms with Gasteiger partial charge in [-0.1, -0.05) is 18.2 Å². The third kappa shape index (κ3) is 3.94. The Morgan fingerprint density at radius 2 is 1.64 bits per heavy atom.